The highest BCUT2D eigenvalue weighted by atomic mass is 16.5. The van der Waals surface area contributed by atoms with Gasteiger partial charge in [-0.3, -0.25) is 14.4 Å². The Balaban J connectivity index is 1.30. The van der Waals surface area contributed by atoms with Crippen molar-refractivity contribution in [3.63, 3.8) is 0 Å². The standard InChI is InChI=1S/C24H30N4O4/c1-2-31-24(30)23-19-15-27(10-9-20(19)28(25-23)13-17-7-8-17)22(29)16-26-11-12-32-21-6-4-3-5-18(21)14-26/h3-6,17H,2,7-16H2,1H3. The first-order valence-corrected chi connectivity index (χ1v) is 11.6. The van der Waals surface area contributed by atoms with Gasteiger partial charge in [0.25, 0.3) is 0 Å². The Kier molecular flexibility index (Phi) is 5.87. The van der Waals surface area contributed by atoms with Crippen LogP contribution in [0.1, 0.15) is 47.1 Å². The van der Waals surface area contributed by atoms with Crippen LogP contribution in [0.25, 0.3) is 0 Å². The molecule has 1 aromatic carbocycles. The van der Waals surface area contributed by atoms with Gasteiger partial charge in [0.15, 0.2) is 5.69 Å². The van der Waals surface area contributed by atoms with E-state index in [1.165, 1.54) is 12.8 Å². The minimum atomic E-state index is -0.395. The highest BCUT2D eigenvalue weighted by Crippen LogP contribution is 2.33. The Morgan fingerprint density at radius 1 is 1.19 bits per heavy atom. The van der Waals surface area contributed by atoms with Gasteiger partial charge in [-0.25, -0.2) is 4.79 Å². The minimum absolute atomic E-state index is 0.0692. The Hall–Kier alpha value is -2.87. The molecule has 0 N–H and O–H groups in total. The third-order valence-electron chi connectivity index (χ3n) is 6.47. The number of esters is 1. The lowest BCUT2D eigenvalue weighted by molar-refractivity contribution is -0.133. The highest BCUT2D eigenvalue weighted by molar-refractivity contribution is 5.89. The van der Waals surface area contributed by atoms with E-state index in [0.717, 1.165) is 29.1 Å². The molecule has 0 unspecified atom stereocenters. The number of carbonyl (C=O) groups is 2. The summed E-state index contributed by atoms with van der Waals surface area (Å²) in [6.07, 6.45) is 3.15. The number of rotatable bonds is 6. The fraction of sp³-hybridized carbons (Fsp3) is 0.542. The van der Waals surface area contributed by atoms with Gasteiger partial charge in [-0.05, 0) is 31.7 Å². The normalized spacial score (nSPS) is 18.3. The van der Waals surface area contributed by atoms with Gasteiger partial charge < -0.3 is 14.4 Å². The average molecular weight is 439 g/mol. The summed E-state index contributed by atoms with van der Waals surface area (Å²) in [4.78, 5) is 29.7. The van der Waals surface area contributed by atoms with Gasteiger partial charge in [0.05, 0.1) is 13.2 Å². The summed E-state index contributed by atoms with van der Waals surface area (Å²) in [5, 5.41) is 4.61. The number of amides is 1. The van der Waals surface area contributed by atoms with Crippen molar-refractivity contribution in [1.29, 1.82) is 0 Å². The van der Waals surface area contributed by atoms with E-state index >= 15 is 0 Å². The van der Waals surface area contributed by atoms with E-state index in [1.54, 1.807) is 6.92 Å². The fourth-order valence-electron chi connectivity index (χ4n) is 4.57. The van der Waals surface area contributed by atoms with Crippen molar-refractivity contribution >= 4 is 11.9 Å². The molecule has 2 aliphatic heterocycles. The fourth-order valence-corrected chi connectivity index (χ4v) is 4.57. The first-order valence-electron chi connectivity index (χ1n) is 11.6. The van der Waals surface area contributed by atoms with E-state index in [0.29, 0.717) is 64.0 Å². The summed E-state index contributed by atoms with van der Waals surface area (Å²) >= 11 is 0. The minimum Gasteiger partial charge on any atom is -0.492 e. The van der Waals surface area contributed by atoms with Gasteiger partial charge in [-0.15, -0.1) is 0 Å². The molecule has 0 spiro atoms. The molecule has 1 aliphatic carbocycles. The number of para-hydroxylation sites is 1. The van der Waals surface area contributed by atoms with Gasteiger partial charge in [0.1, 0.15) is 12.4 Å². The van der Waals surface area contributed by atoms with Gasteiger partial charge in [0, 0.05) is 56.0 Å². The van der Waals surface area contributed by atoms with Crippen molar-refractivity contribution < 1.29 is 19.1 Å². The number of nitrogens with zero attached hydrogens (tertiary/aromatic N) is 4. The van der Waals surface area contributed by atoms with Crippen molar-refractivity contribution in [3.8, 4) is 5.75 Å². The summed E-state index contributed by atoms with van der Waals surface area (Å²) < 4.78 is 13.1. The van der Waals surface area contributed by atoms with E-state index in [4.69, 9.17) is 9.47 Å². The van der Waals surface area contributed by atoms with Gasteiger partial charge >= 0.3 is 5.97 Å². The van der Waals surface area contributed by atoms with Crippen LogP contribution in [0.5, 0.6) is 5.75 Å². The van der Waals surface area contributed by atoms with E-state index in [9.17, 15) is 9.59 Å². The summed E-state index contributed by atoms with van der Waals surface area (Å²) in [5.74, 6) is 1.22. The average Bonchev–Trinajstić information content (AvgIpc) is 3.57. The number of carbonyl (C=O) groups excluding carboxylic acids is 2. The zero-order valence-corrected chi connectivity index (χ0v) is 18.6. The van der Waals surface area contributed by atoms with Crippen molar-refractivity contribution in [1.82, 2.24) is 19.6 Å². The molecule has 1 amide bonds. The second-order valence-corrected chi connectivity index (χ2v) is 8.85. The number of hydrogen-bond donors (Lipinski definition) is 0. The summed E-state index contributed by atoms with van der Waals surface area (Å²) in [5.41, 5.74) is 3.41. The predicted octanol–water partition coefficient (Wildman–Crippen LogP) is 2.25. The smallest absolute Gasteiger partial charge is 0.359 e. The lowest BCUT2D eigenvalue weighted by atomic mass is 10.0. The molecule has 0 saturated heterocycles. The van der Waals surface area contributed by atoms with Crippen molar-refractivity contribution in [2.75, 3.05) is 32.8 Å². The summed E-state index contributed by atoms with van der Waals surface area (Å²) in [6, 6.07) is 7.99. The molecule has 1 fully saturated rings. The molecule has 32 heavy (non-hydrogen) atoms. The molecule has 1 saturated carbocycles. The first-order chi connectivity index (χ1) is 15.6. The van der Waals surface area contributed by atoms with Crippen LogP contribution < -0.4 is 4.74 Å². The summed E-state index contributed by atoms with van der Waals surface area (Å²) in [6.45, 7) is 6.30. The van der Waals surface area contributed by atoms with Crippen LogP contribution in [0.3, 0.4) is 0 Å². The lowest BCUT2D eigenvalue weighted by Crippen LogP contribution is -2.43. The summed E-state index contributed by atoms with van der Waals surface area (Å²) in [7, 11) is 0. The van der Waals surface area contributed by atoms with Crippen LogP contribution >= 0.6 is 0 Å². The van der Waals surface area contributed by atoms with Crippen LogP contribution in [0.2, 0.25) is 0 Å². The maximum Gasteiger partial charge on any atom is 0.359 e. The van der Waals surface area contributed by atoms with Crippen molar-refractivity contribution in [3.05, 3.63) is 46.8 Å². The number of ether oxygens (including phenoxy) is 2. The molecule has 2 aromatic rings. The molecule has 3 aliphatic rings. The molecule has 170 valence electrons. The van der Waals surface area contributed by atoms with Crippen LogP contribution in [-0.4, -0.2) is 64.3 Å². The lowest BCUT2D eigenvalue weighted by Gasteiger charge is -2.30. The molecular weight excluding hydrogens is 408 g/mol. The largest absolute Gasteiger partial charge is 0.492 e. The van der Waals surface area contributed by atoms with Crippen LogP contribution in [0, 0.1) is 5.92 Å². The van der Waals surface area contributed by atoms with Crippen LogP contribution in [-0.2, 0) is 35.6 Å². The molecule has 3 heterocycles. The maximum absolute atomic E-state index is 13.2. The monoisotopic (exact) mass is 438 g/mol. The Labute approximate surface area is 188 Å². The molecule has 0 radical (unpaired) electrons. The Morgan fingerprint density at radius 2 is 2.03 bits per heavy atom. The molecule has 1 aromatic heterocycles. The zero-order valence-electron chi connectivity index (χ0n) is 18.6. The molecular formula is C24H30N4O4. The third kappa shape index (κ3) is 4.37. The van der Waals surface area contributed by atoms with Gasteiger partial charge in [-0.1, -0.05) is 18.2 Å². The van der Waals surface area contributed by atoms with E-state index in [-0.39, 0.29) is 5.91 Å². The third-order valence-corrected chi connectivity index (χ3v) is 6.47. The Morgan fingerprint density at radius 3 is 2.84 bits per heavy atom. The van der Waals surface area contributed by atoms with E-state index in [2.05, 4.69) is 10.00 Å². The molecule has 8 heteroatoms. The topological polar surface area (TPSA) is 76.9 Å². The van der Waals surface area contributed by atoms with Crippen LogP contribution in [0.15, 0.2) is 24.3 Å². The predicted molar refractivity (Wildman–Crippen MR) is 117 cm³/mol. The molecule has 0 atom stereocenters. The molecule has 5 rings (SSSR count). The second kappa shape index (κ2) is 8.94. The second-order valence-electron chi connectivity index (χ2n) is 8.85. The van der Waals surface area contributed by atoms with E-state index < -0.39 is 5.97 Å². The number of fused-ring (bicyclic) bond motifs is 2. The quantitative estimate of drug-likeness (QED) is 0.644. The van der Waals surface area contributed by atoms with E-state index in [1.807, 2.05) is 33.8 Å². The van der Waals surface area contributed by atoms with Crippen molar-refractivity contribution in [2.24, 2.45) is 5.92 Å². The maximum atomic E-state index is 13.2. The highest BCUT2D eigenvalue weighted by Gasteiger charge is 2.33. The molecule has 8 nitrogen and oxygen atoms in total. The number of aromatic nitrogens is 2. The first kappa shape index (κ1) is 21.0. The van der Waals surface area contributed by atoms with Crippen molar-refractivity contribution in [2.45, 2.75) is 45.8 Å². The molecule has 0 bridgehead atoms. The number of hydrogen-bond acceptors (Lipinski definition) is 6. The van der Waals surface area contributed by atoms with Gasteiger partial charge in [0.2, 0.25) is 5.91 Å². The van der Waals surface area contributed by atoms with Crippen LogP contribution in [0.4, 0.5) is 0 Å². The Bertz CT molecular complexity index is 1010. The van der Waals surface area contributed by atoms with Gasteiger partial charge in [-0.2, -0.15) is 5.10 Å². The number of benzene rings is 1. The SMILES string of the molecule is CCOC(=O)c1nn(CC2CC2)c2c1CN(C(=O)CN1CCOc3ccccc3C1)CC2. The zero-order chi connectivity index (χ0) is 22.1.